The first-order valence-corrected chi connectivity index (χ1v) is 9.01. The second-order valence-corrected chi connectivity index (χ2v) is 6.54. The number of nitrogens with zero attached hydrogens (tertiary/aromatic N) is 2. The first-order chi connectivity index (χ1) is 12.7. The molecule has 1 N–H and O–H groups in total. The maximum absolute atomic E-state index is 12.7. The number of hydrogen-bond donors (Lipinski definition) is 1. The Morgan fingerprint density at radius 1 is 1.19 bits per heavy atom. The zero-order valence-corrected chi connectivity index (χ0v) is 15.1. The monoisotopic (exact) mass is 369 g/mol. The minimum Gasteiger partial charge on any atom is -0.492 e. The van der Waals surface area contributed by atoms with E-state index >= 15 is 0 Å². The Labute approximate surface area is 158 Å². The van der Waals surface area contributed by atoms with Crippen LogP contribution in [0.3, 0.4) is 0 Å². The number of halogens is 1. The lowest BCUT2D eigenvalue weighted by molar-refractivity contribution is 0.0793. The van der Waals surface area contributed by atoms with Crippen molar-refractivity contribution in [1.29, 1.82) is 5.26 Å². The van der Waals surface area contributed by atoms with E-state index in [2.05, 4.69) is 11.4 Å². The van der Waals surface area contributed by atoms with E-state index in [1.807, 2.05) is 4.90 Å². The van der Waals surface area contributed by atoms with Crippen molar-refractivity contribution in [1.82, 2.24) is 4.90 Å². The number of ether oxygens (including phenoxy) is 1. The molecule has 26 heavy (non-hydrogen) atoms. The van der Waals surface area contributed by atoms with Crippen LogP contribution < -0.4 is 10.1 Å². The van der Waals surface area contributed by atoms with Gasteiger partial charge < -0.3 is 15.0 Å². The van der Waals surface area contributed by atoms with Crippen molar-refractivity contribution in [2.45, 2.75) is 12.8 Å². The van der Waals surface area contributed by atoms with Crippen molar-refractivity contribution in [3.63, 3.8) is 0 Å². The predicted molar refractivity (Wildman–Crippen MR) is 102 cm³/mol. The maximum atomic E-state index is 12.7. The summed E-state index contributed by atoms with van der Waals surface area (Å²) in [6.45, 7) is 2.57. The highest BCUT2D eigenvalue weighted by Gasteiger charge is 2.21. The molecule has 0 atom stereocenters. The number of hydrogen-bond acceptors (Lipinski definition) is 4. The largest absolute Gasteiger partial charge is 0.492 e. The van der Waals surface area contributed by atoms with Crippen LogP contribution in [0.4, 0.5) is 5.69 Å². The molecule has 1 amide bonds. The molecule has 1 aliphatic rings. The lowest BCUT2D eigenvalue weighted by Crippen LogP contribution is -2.28. The van der Waals surface area contributed by atoms with Gasteiger partial charge in [-0.1, -0.05) is 11.6 Å². The summed E-state index contributed by atoms with van der Waals surface area (Å²) in [6.07, 6.45) is 2.11. The van der Waals surface area contributed by atoms with E-state index in [0.717, 1.165) is 31.6 Å². The van der Waals surface area contributed by atoms with Gasteiger partial charge in [0, 0.05) is 30.3 Å². The molecular weight excluding hydrogens is 350 g/mol. The summed E-state index contributed by atoms with van der Waals surface area (Å²) in [5.41, 5.74) is 1.95. The predicted octanol–water partition coefficient (Wildman–Crippen LogP) is 3.94. The van der Waals surface area contributed by atoms with E-state index < -0.39 is 0 Å². The van der Waals surface area contributed by atoms with E-state index in [4.69, 9.17) is 21.6 Å². The highest BCUT2D eigenvalue weighted by atomic mass is 35.5. The average molecular weight is 370 g/mol. The Hall–Kier alpha value is -2.71. The van der Waals surface area contributed by atoms with Gasteiger partial charge in [-0.25, -0.2) is 0 Å². The third-order valence-corrected chi connectivity index (χ3v) is 4.51. The van der Waals surface area contributed by atoms with Gasteiger partial charge in [-0.2, -0.15) is 5.26 Å². The molecule has 0 aromatic heterocycles. The van der Waals surface area contributed by atoms with Gasteiger partial charge in [-0.3, -0.25) is 4.79 Å². The number of likely N-dealkylation sites (tertiary alicyclic amines) is 1. The summed E-state index contributed by atoms with van der Waals surface area (Å²) in [4.78, 5) is 14.6. The Bertz CT molecular complexity index is 809. The molecule has 6 heteroatoms. The van der Waals surface area contributed by atoms with Gasteiger partial charge in [0.05, 0.1) is 17.2 Å². The highest BCUT2D eigenvalue weighted by Crippen LogP contribution is 2.24. The van der Waals surface area contributed by atoms with E-state index in [1.165, 1.54) is 0 Å². The topological polar surface area (TPSA) is 65.4 Å². The van der Waals surface area contributed by atoms with Crippen molar-refractivity contribution in [2.24, 2.45) is 0 Å². The number of amides is 1. The smallest absolute Gasteiger partial charge is 0.255 e. The molecule has 0 radical (unpaired) electrons. The molecule has 0 bridgehead atoms. The molecule has 3 rings (SSSR count). The van der Waals surface area contributed by atoms with Crippen LogP contribution in [0.2, 0.25) is 5.02 Å². The Balaban J connectivity index is 1.59. The molecule has 1 aliphatic heterocycles. The Kier molecular flexibility index (Phi) is 5.98. The molecule has 134 valence electrons. The summed E-state index contributed by atoms with van der Waals surface area (Å²) < 4.78 is 5.66. The summed E-state index contributed by atoms with van der Waals surface area (Å²) in [5, 5.41) is 12.6. The van der Waals surface area contributed by atoms with Gasteiger partial charge in [0.25, 0.3) is 5.91 Å². The minimum atomic E-state index is 0.0367. The number of nitriles is 1. The molecule has 1 fully saturated rings. The van der Waals surface area contributed by atoms with Crippen LogP contribution in [0.1, 0.15) is 28.8 Å². The van der Waals surface area contributed by atoms with Crippen LogP contribution in [-0.2, 0) is 0 Å². The molecule has 0 aliphatic carbocycles. The molecule has 2 aromatic rings. The summed E-state index contributed by atoms with van der Waals surface area (Å²) in [6, 6.07) is 14.3. The fourth-order valence-electron chi connectivity index (χ4n) is 2.92. The van der Waals surface area contributed by atoms with Gasteiger partial charge in [-0.05, 0) is 55.3 Å². The first-order valence-electron chi connectivity index (χ1n) is 8.63. The van der Waals surface area contributed by atoms with Crippen LogP contribution >= 0.6 is 11.6 Å². The number of rotatable bonds is 6. The lowest BCUT2D eigenvalue weighted by Gasteiger charge is -2.18. The van der Waals surface area contributed by atoms with E-state index in [1.54, 1.807) is 42.5 Å². The van der Waals surface area contributed by atoms with Crippen molar-refractivity contribution < 1.29 is 9.53 Å². The van der Waals surface area contributed by atoms with Crippen LogP contribution in [0, 0.1) is 11.3 Å². The van der Waals surface area contributed by atoms with Gasteiger partial charge in [0.2, 0.25) is 0 Å². The number of nitrogens with one attached hydrogen (secondary N) is 1. The second kappa shape index (κ2) is 8.59. The van der Waals surface area contributed by atoms with Crippen molar-refractivity contribution in [3.05, 3.63) is 58.6 Å². The number of carbonyl (C=O) groups is 1. The van der Waals surface area contributed by atoms with Gasteiger partial charge in [-0.15, -0.1) is 0 Å². The van der Waals surface area contributed by atoms with Crippen LogP contribution in [0.5, 0.6) is 5.75 Å². The fourth-order valence-corrected chi connectivity index (χ4v) is 3.09. The summed E-state index contributed by atoms with van der Waals surface area (Å²) in [7, 11) is 0. The van der Waals surface area contributed by atoms with Crippen LogP contribution in [0.25, 0.3) is 0 Å². The zero-order valence-electron chi connectivity index (χ0n) is 14.4. The van der Waals surface area contributed by atoms with Crippen LogP contribution in [-0.4, -0.2) is 37.0 Å². The number of anilines is 1. The second-order valence-electron chi connectivity index (χ2n) is 6.10. The standard InChI is InChI=1S/C20H20ClN3O2/c21-16-5-8-18(20(25)24-10-1-2-11-24)19(13-16)23-9-12-26-17-6-3-15(14-22)4-7-17/h3-8,13,23H,1-2,9-12H2. The third kappa shape index (κ3) is 4.47. The summed E-state index contributed by atoms with van der Waals surface area (Å²) in [5.74, 6) is 0.736. The molecule has 0 unspecified atom stereocenters. The molecule has 0 spiro atoms. The zero-order chi connectivity index (χ0) is 18.4. The normalized spacial score (nSPS) is 13.3. The molecule has 1 heterocycles. The molecular formula is C20H20ClN3O2. The quantitative estimate of drug-likeness (QED) is 0.783. The van der Waals surface area contributed by atoms with Gasteiger partial charge >= 0.3 is 0 Å². The molecule has 5 nitrogen and oxygen atoms in total. The fraction of sp³-hybridized carbons (Fsp3) is 0.300. The first kappa shape index (κ1) is 18.1. The number of benzene rings is 2. The third-order valence-electron chi connectivity index (χ3n) is 4.27. The average Bonchev–Trinajstić information content (AvgIpc) is 3.20. The summed E-state index contributed by atoms with van der Waals surface area (Å²) >= 11 is 6.10. The van der Waals surface area contributed by atoms with E-state index in [9.17, 15) is 4.79 Å². The van der Waals surface area contributed by atoms with Gasteiger partial charge in [0.15, 0.2) is 0 Å². The van der Waals surface area contributed by atoms with Crippen molar-refractivity contribution >= 4 is 23.2 Å². The van der Waals surface area contributed by atoms with E-state index in [0.29, 0.717) is 35.1 Å². The van der Waals surface area contributed by atoms with E-state index in [-0.39, 0.29) is 5.91 Å². The molecule has 2 aromatic carbocycles. The van der Waals surface area contributed by atoms with Crippen molar-refractivity contribution in [2.75, 3.05) is 31.6 Å². The Morgan fingerprint density at radius 3 is 2.62 bits per heavy atom. The SMILES string of the molecule is N#Cc1ccc(OCCNc2cc(Cl)ccc2C(=O)N2CCCC2)cc1. The highest BCUT2D eigenvalue weighted by molar-refractivity contribution is 6.31. The minimum absolute atomic E-state index is 0.0367. The number of carbonyl (C=O) groups excluding carboxylic acids is 1. The molecule has 0 saturated carbocycles. The Morgan fingerprint density at radius 2 is 1.92 bits per heavy atom. The van der Waals surface area contributed by atoms with Crippen molar-refractivity contribution in [3.8, 4) is 11.8 Å². The lowest BCUT2D eigenvalue weighted by atomic mass is 10.1. The maximum Gasteiger partial charge on any atom is 0.255 e. The van der Waals surface area contributed by atoms with Gasteiger partial charge in [0.1, 0.15) is 12.4 Å². The molecule has 1 saturated heterocycles. The van der Waals surface area contributed by atoms with Crippen LogP contribution in [0.15, 0.2) is 42.5 Å².